The molecule has 0 aliphatic heterocycles. The van der Waals surface area contributed by atoms with Gasteiger partial charge in [0.2, 0.25) is 11.8 Å². The number of rotatable bonds is 9. The van der Waals surface area contributed by atoms with Crippen molar-refractivity contribution in [3.63, 3.8) is 0 Å². The first-order chi connectivity index (χ1) is 14.5. The van der Waals surface area contributed by atoms with Crippen molar-refractivity contribution in [2.45, 2.75) is 32.6 Å². The van der Waals surface area contributed by atoms with Gasteiger partial charge in [0.15, 0.2) is 5.13 Å². The molecule has 3 aromatic rings. The molecule has 0 radical (unpaired) electrons. The van der Waals surface area contributed by atoms with Crippen LogP contribution in [0, 0.1) is 0 Å². The summed E-state index contributed by atoms with van der Waals surface area (Å²) in [5.74, 6) is 1.11. The highest BCUT2D eigenvalue weighted by atomic mass is 32.1. The molecule has 7 nitrogen and oxygen atoms in total. The fourth-order valence-corrected chi connectivity index (χ4v) is 3.89. The van der Waals surface area contributed by atoms with E-state index in [-0.39, 0.29) is 11.8 Å². The second-order valence-electron chi connectivity index (χ2n) is 6.77. The lowest BCUT2D eigenvalue weighted by Gasteiger charge is -2.10. The standard InChI is InChI=1S/C22H25N3O4S/c1-4-5-20(26)25-22-24-18-8-6-14(10-19(18)30-22)7-9-21(27)23-15-11-16(28-2)13-17(12-15)29-3/h6,8,10-13H,4-5,7,9H2,1-3H3,(H,23,27)(H,24,25,26). The maximum absolute atomic E-state index is 12.4. The fraction of sp³-hybridized carbons (Fsp3) is 0.318. The maximum atomic E-state index is 12.4. The van der Waals surface area contributed by atoms with Crippen molar-refractivity contribution in [2.75, 3.05) is 24.9 Å². The molecule has 0 bridgehead atoms. The number of carbonyl (C=O) groups excluding carboxylic acids is 2. The van der Waals surface area contributed by atoms with Crippen LogP contribution in [-0.4, -0.2) is 31.0 Å². The van der Waals surface area contributed by atoms with Crippen molar-refractivity contribution >= 4 is 44.2 Å². The van der Waals surface area contributed by atoms with E-state index < -0.39 is 0 Å². The number of carbonyl (C=O) groups is 2. The summed E-state index contributed by atoms with van der Waals surface area (Å²) < 4.78 is 11.4. The summed E-state index contributed by atoms with van der Waals surface area (Å²) in [4.78, 5) is 28.6. The summed E-state index contributed by atoms with van der Waals surface area (Å²) >= 11 is 1.44. The van der Waals surface area contributed by atoms with Crippen molar-refractivity contribution in [2.24, 2.45) is 0 Å². The van der Waals surface area contributed by atoms with Crippen LogP contribution in [0.4, 0.5) is 10.8 Å². The van der Waals surface area contributed by atoms with E-state index in [1.54, 1.807) is 32.4 Å². The van der Waals surface area contributed by atoms with E-state index in [1.807, 2.05) is 25.1 Å². The summed E-state index contributed by atoms with van der Waals surface area (Å²) in [7, 11) is 3.13. The fourth-order valence-electron chi connectivity index (χ4n) is 2.95. The average Bonchev–Trinajstić information content (AvgIpc) is 3.13. The van der Waals surface area contributed by atoms with Gasteiger partial charge in [-0.1, -0.05) is 24.3 Å². The molecule has 2 amide bonds. The van der Waals surface area contributed by atoms with Gasteiger partial charge in [-0.2, -0.15) is 0 Å². The monoisotopic (exact) mass is 427 g/mol. The SMILES string of the molecule is CCCC(=O)Nc1nc2ccc(CCC(=O)Nc3cc(OC)cc(OC)c3)cc2s1. The number of hydrogen-bond donors (Lipinski definition) is 2. The Bertz CT molecular complexity index is 1030. The summed E-state index contributed by atoms with van der Waals surface area (Å²) in [6.45, 7) is 1.96. The van der Waals surface area contributed by atoms with Crippen LogP contribution in [0.15, 0.2) is 36.4 Å². The highest BCUT2D eigenvalue weighted by Gasteiger charge is 2.10. The number of anilines is 2. The molecule has 0 atom stereocenters. The van der Waals surface area contributed by atoms with Crippen molar-refractivity contribution in [1.82, 2.24) is 4.98 Å². The van der Waals surface area contributed by atoms with Gasteiger partial charge >= 0.3 is 0 Å². The molecular weight excluding hydrogens is 402 g/mol. The number of benzene rings is 2. The molecule has 0 aliphatic rings. The summed E-state index contributed by atoms with van der Waals surface area (Å²) in [5.41, 5.74) is 2.50. The molecule has 0 saturated heterocycles. The summed E-state index contributed by atoms with van der Waals surface area (Å²) in [5, 5.41) is 6.31. The molecule has 2 N–H and O–H groups in total. The third-order valence-electron chi connectivity index (χ3n) is 4.45. The Morgan fingerprint density at radius 2 is 1.67 bits per heavy atom. The summed E-state index contributed by atoms with van der Waals surface area (Å²) in [6, 6.07) is 11.1. The first-order valence-electron chi connectivity index (χ1n) is 9.73. The van der Waals surface area contributed by atoms with Gasteiger partial charge in [-0.15, -0.1) is 0 Å². The molecule has 3 rings (SSSR count). The highest BCUT2D eigenvalue weighted by molar-refractivity contribution is 7.22. The zero-order chi connectivity index (χ0) is 21.5. The van der Waals surface area contributed by atoms with E-state index in [0.717, 1.165) is 22.2 Å². The Hall–Kier alpha value is -3.13. The largest absolute Gasteiger partial charge is 0.497 e. The van der Waals surface area contributed by atoms with Crippen molar-refractivity contribution in [3.05, 3.63) is 42.0 Å². The molecule has 2 aromatic carbocycles. The normalized spacial score (nSPS) is 10.6. The van der Waals surface area contributed by atoms with Gasteiger partial charge in [0.05, 0.1) is 24.4 Å². The predicted octanol–water partition coefficient (Wildman–Crippen LogP) is 4.62. The van der Waals surface area contributed by atoms with Crippen LogP contribution in [0.5, 0.6) is 11.5 Å². The molecule has 0 fully saturated rings. The Kier molecular flexibility index (Phi) is 7.24. The Morgan fingerprint density at radius 1 is 0.967 bits per heavy atom. The van der Waals surface area contributed by atoms with Crippen LogP contribution in [0.1, 0.15) is 31.7 Å². The number of nitrogens with zero attached hydrogens (tertiary/aromatic N) is 1. The van der Waals surface area contributed by atoms with Gasteiger partial charge in [-0.3, -0.25) is 9.59 Å². The van der Waals surface area contributed by atoms with Crippen molar-refractivity contribution in [3.8, 4) is 11.5 Å². The zero-order valence-electron chi connectivity index (χ0n) is 17.3. The van der Waals surface area contributed by atoms with E-state index in [1.165, 1.54) is 11.3 Å². The Balaban J connectivity index is 1.61. The van der Waals surface area contributed by atoms with Gasteiger partial charge < -0.3 is 20.1 Å². The van der Waals surface area contributed by atoms with Crippen molar-refractivity contribution < 1.29 is 19.1 Å². The van der Waals surface area contributed by atoms with E-state index in [0.29, 0.717) is 41.6 Å². The first kappa shape index (κ1) is 21.6. The molecule has 0 saturated carbocycles. The van der Waals surface area contributed by atoms with Gasteiger partial charge in [0.25, 0.3) is 0 Å². The minimum atomic E-state index is -0.0952. The molecule has 1 aromatic heterocycles. The molecule has 8 heteroatoms. The average molecular weight is 428 g/mol. The number of aryl methyl sites for hydroxylation is 1. The van der Waals surface area contributed by atoms with Crippen LogP contribution in [0.3, 0.4) is 0 Å². The Morgan fingerprint density at radius 3 is 2.33 bits per heavy atom. The van der Waals surface area contributed by atoms with Gasteiger partial charge in [-0.25, -0.2) is 4.98 Å². The van der Waals surface area contributed by atoms with Crippen LogP contribution < -0.4 is 20.1 Å². The van der Waals surface area contributed by atoms with Crippen LogP contribution >= 0.6 is 11.3 Å². The number of fused-ring (bicyclic) bond motifs is 1. The molecule has 30 heavy (non-hydrogen) atoms. The molecular formula is C22H25N3O4S. The van der Waals surface area contributed by atoms with Gasteiger partial charge in [0.1, 0.15) is 11.5 Å². The minimum Gasteiger partial charge on any atom is -0.497 e. The number of thiazole rings is 1. The number of hydrogen-bond acceptors (Lipinski definition) is 6. The third-order valence-corrected chi connectivity index (χ3v) is 5.39. The molecule has 0 unspecified atom stereocenters. The first-order valence-corrected chi connectivity index (χ1v) is 10.5. The quantitative estimate of drug-likeness (QED) is 0.520. The van der Waals surface area contributed by atoms with Crippen LogP contribution in [-0.2, 0) is 16.0 Å². The highest BCUT2D eigenvalue weighted by Crippen LogP contribution is 2.28. The van der Waals surface area contributed by atoms with Crippen molar-refractivity contribution in [1.29, 1.82) is 0 Å². The topological polar surface area (TPSA) is 89.6 Å². The zero-order valence-corrected chi connectivity index (χ0v) is 18.1. The van der Waals surface area contributed by atoms with Crippen LogP contribution in [0.25, 0.3) is 10.2 Å². The van der Waals surface area contributed by atoms with Crippen LogP contribution in [0.2, 0.25) is 0 Å². The summed E-state index contributed by atoms with van der Waals surface area (Å²) in [6.07, 6.45) is 2.21. The van der Waals surface area contributed by atoms with E-state index >= 15 is 0 Å². The Labute approximate surface area is 179 Å². The van der Waals surface area contributed by atoms with E-state index in [4.69, 9.17) is 9.47 Å². The lowest BCUT2D eigenvalue weighted by atomic mass is 10.1. The number of nitrogens with one attached hydrogen (secondary N) is 2. The molecule has 158 valence electrons. The lowest BCUT2D eigenvalue weighted by molar-refractivity contribution is -0.117. The van der Waals surface area contributed by atoms with Gasteiger partial charge in [-0.05, 0) is 30.5 Å². The number of methoxy groups -OCH3 is 2. The molecule has 1 heterocycles. The maximum Gasteiger partial charge on any atom is 0.226 e. The predicted molar refractivity (Wildman–Crippen MR) is 120 cm³/mol. The van der Waals surface area contributed by atoms with Gasteiger partial charge in [0, 0.05) is 36.7 Å². The molecule has 0 spiro atoms. The van der Waals surface area contributed by atoms with E-state index in [2.05, 4.69) is 15.6 Å². The number of amides is 2. The second kappa shape index (κ2) is 10.1. The number of ether oxygens (including phenoxy) is 2. The number of aromatic nitrogens is 1. The third kappa shape index (κ3) is 5.70. The lowest BCUT2D eigenvalue weighted by Crippen LogP contribution is -2.12. The second-order valence-corrected chi connectivity index (χ2v) is 7.80. The smallest absolute Gasteiger partial charge is 0.226 e. The minimum absolute atomic E-state index is 0.0253. The molecule has 0 aliphatic carbocycles. The van der Waals surface area contributed by atoms with E-state index in [9.17, 15) is 9.59 Å².